The van der Waals surface area contributed by atoms with Gasteiger partial charge in [0.05, 0.1) is 4.99 Å². The topological polar surface area (TPSA) is 29.3 Å². The third-order valence-electron chi connectivity index (χ3n) is 4.77. The number of hydrogen-bond acceptors (Lipinski definition) is 2. The largest absolute Gasteiger partial charge is 0.366 e. The summed E-state index contributed by atoms with van der Waals surface area (Å²) in [5.74, 6) is 0.645. The molecule has 1 saturated carbocycles. The quantitative estimate of drug-likeness (QED) is 0.526. The van der Waals surface area contributed by atoms with E-state index >= 15 is 0 Å². The standard InChI is InChI=1S/C13H25BN2S/c1-13(14)7-3-4-11-9(10(15)8-13)5-6-12(17)16(11)2/h9-11H,3-8,14-15H2,1-2H3. The van der Waals surface area contributed by atoms with Gasteiger partial charge < -0.3 is 10.6 Å². The molecule has 0 amide bonds. The number of fused-ring (bicyclic) bond motifs is 1. The van der Waals surface area contributed by atoms with Gasteiger partial charge in [-0.15, -0.1) is 0 Å². The Bertz CT molecular complexity index is 306. The van der Waals surface area contributed by atoms with Gasteiger partial charge in [0.15, 0.2) is 0 Å². The van der Waals surface area contributed by atoms with Gasteiger partial charge in [-0.1, -0.05) is 37.3 Å². The predicted octanol–water partition coefficient (Wildman–Crippen LogP) is 1.74. The fourth-order valence-corrected chi connectivity index (χ4v) is 3.97. The molecule has 2 nitrogen and oxygen atoms in total. The van der Waals surface area contributed by atoms with E-state index in [1.807, 2.05) is 0 Å². The SMILES string of the molecule is BC1(C)CCCC2C(CCC(=S)N2C)C(N)C1. The molecule has 17 heavy (non-hydrogen) atoms. The maximum atomic E-state index is 6.47. The van der Waals surface area contributed by atoms with Crippen molar-refractivity contribution in [2.45, 2.75) is 62.8 Å². The Labute approximate surface area is 112 Å². The Balaban J connectivity index is 2.14. The number of nitrogens with two attached hydrogens (primary N) is 1. The van der Waals surface area contributed by atoms with E-state index < -0.39 is 0 Å². The lowest BCUT2D eigenvalue weighted by Crippen LogP contribution is -2.53. The first-order valence-electron chi connectivity index (χ1n) is 6.92. The molecule has 0 spiro atoms. The van der Waals surface area contributed by atoms with Gasteiger partial charge in [0.1, 0.15) is 7.85 Å². The highest BCUT2D eigenvalue weighted by molar-refractivity contribution is 7.80. The summed E-state index contributed by atoms with van der Waals surface area (Å²) in [5, 5.41) is 0.418. The molecular formula is C13H25BN2S. The molecule has 2 aliphatic rings. The number of thiocarbonyl (C=S) groups is 1. The van der Waals surface area contributed by atoms with E-state index in [4.69, 9.17) is 18.0 Å². The van der Waals surface area contributed by atoms with Crippen molar-refractivity contribution in [3.05, 3.63) is 0 Å². The van der Waals surface area contributed by atoms with E-state index in [1.54, 1.807) is 0 Å². The van der Waals surface area contributed by atoms with Crippen molar-refractivity contribution < 1.29 is 0 Å². The van der Waals surface area contributed by atoms with Crippen LogP contribution in [0, 0.1) is 5.92 Å². The average Bonchev–Trinajstić information content (AvgIpc) is 2.21. The van der Waals surface area contributed by atoms with Crippen molar-refractivity contribution in [1.82, 2.24) is 4.90 Å². The second kappa shape index (κ2) is 4.89. The minimum atomic E-state index is 0.348. The van der Waals surface area contributed by atoms with Crippen molar-refractivity contribution in [3.8, 4) is 0 Å². The van der Waals surface area contributed by atoms with E-state index in [0.29, 0.717) is 23.3 Å². The van der Waals surface area contributed by atoms with Crippen molar-refractivity contribution in [2.75, 3.05) is 7.05 Å². The number of nitrogens with zero attached hydrogens (tertiary/aromatic N) is 1. The maximum absolute atomic E-state index is 6.47. The summed E-state index contributed by atoms with van der Waals surface area (Å²) in [6, 6.07) is 0.947. The first-order chi connectivity index (χ1) is 7.91. The van der Waals surface area contributed by atoms with E-state index in [-0.39, 0.29) is 0 Å². The normalized spacial score (nSPS) is 43.8. The van der Waals surface area contributed by atoms with Gasteiger partial charge in [0.25, 0.3) is 0 Å². The van der Waals surface area contributed by atoms with Gasteiger partial charge in [-0.25, -0.2) is 0 Å². The van der Waals surface area contributed by atoms with Gasteiger partial charge >= 0.3 is 0 Å². The van der Waals surface area contributed by atoms with Crippen LogP contribution in [0.3, 0.4) is 0 Å². The molecule has 2 fully saturated rings. The van der Waals surface area contributed by atoms with Crippen molar-refractivity contribution in [3.63, 3.8) is 0 Å². The smallest absolute Gasteiger partial charge is 0.109 e. The van der Waals surface area contributed by atoms with Gasteiger partial charge in [-0.3, -0.25) is 0 Å². The van der Waals surface area contributed by atoms with E-state index in [9.17, 15) is 0 Å². The summed E-state index contributed by atoms with van der Waals surface area (Å²) in [5.41, 5.74) is 6.47. The highest BCUT2D eigenvalue weighted by atomic mass is 32.1. The highest BCUT2D eigenvalue weighted by Crippen LogP contribution is 2.41. The van der Waals surface area contributed by atoms with E-state index in [0.717, 1.165) is 17.8 Å². The van der Waals surface area contributed by atoms with E-state index in [2.05, 4.69) is 26.7 Å². The van der Waals surface area contributed by atoms with Crippen LogP contribution in [0.1, 0.15) is 45.4 Å². The Morgan fingerprint density at radius 2 is 2.18 bits per heavy atom. The molecule has 0 aromatic carbocycles. The molecule has 1 saturated heterocycles. The molecule has 1 aliphatic carbocycles. The number of piperidine rings is 1. The molecule has 96 valence electrons. The molecule has 1 heterocycles. The molecule has 0 bridgehead atoms. The van der Waals surface area contributed by atoms with Crippen LogP contribution in [-0.4, -0.2) is 36.9 Å². The second-order valence-electron chi connectivity index (χ2n) is 6.70. The van der Waals surface area contributed by atoms with Crippen LogP contribution in [-0.2, 0) is 0 Å². The molecule has 1 aliphatic heterocycles. The summed E-state index contributed by atoms with van der Waals surface area (Å²) in [6.07, 6.45) is 7.29. The molecule has 4 unspecified atom stereocenters. The highest BCUT2D eigenvalue weighted by Gasteiger charge is 2.38. The zero-order chi connectivity index (χ0) is 12.6. The van der Waals surface area contributed by atoms with Crippen LogP contribution in [0.2, 0.25) is 5.31 Å². The van der Waals surface area contributed by atoms with Gasteiger partial charge in [-0.2, -0.15) is 0 Å². The molecule has 0 radical (unpaired) electrons. The first kappa shape index (κ1) is 13.3. The maximum Gasteiger partial charge on any atom is 0.109 e. The number of likely N-dealkylation sites (tertiary alicyclic amines) is 1. The third-order valence-corrected chi connectivity index (χ3v) is 5.26. The van der Waals surface area contributed by atoms with Crippen LogP contribution >= 0.6 is 12.2 Å². The van der Waals surface area contributed by atoms with Gasteiger partial charge in [0.2, 0.25) is 0 Å². The monoisotopic (exact) mass is 252 g/mol. The zero-order valence-corrected chi connectivity index (χ0v) is 12.2. The minimum Gasteiger partial charge on any atom is -0.366 e. The Morgan fingerprint density at radius 3 is 2.88 bits per heavy atom. The molecule has 0 aromatic heterocycles. The van der Waals surface area contributed by atoms with Crippen LogP contribution in [0.15, 0.2) is 0 Å². The average molecular weight is 252 g/mol. The molecule has 2 N–H and O–H groups in total. The lowest BCUT2D eigenvalue weighted by Gasteiger charge is -2.47. The summed E-state index contributed by atoms with van der Waals surface area (Å²) in [6.45, 7) is 2.37. The fourth-order valence-electron chi connectivity index (χ4n) is 3.72. The summed E-state index contributed by atoms with van der Waals surface area (Å²) in [4.78, 5) is 3.47. The molecule has 4 atom stereocenters. The van der Waals surface area contributed by atoms with Crippen LogP contribution < -0.4 is 5.73 Å². The van der Waals surface area contributed by atoms with Crippen LogP contribution in [0.4, 0.5) is 0 Å². The summed E-state index contributed by atoms with van der Waals surface area (Å²) < 4.78 is 0. The predicted molar refractivity (Wildman–Crippen MR) is 80.2 cm³/mol. The molecule has 2 rings (SSSR count). The van der Waals surface area contributed by atoms with Gasteiger partial charge in [0, 0.05) is 19.1 Å². The lowest BCUT2D eigenvalue weighted by molar-refractivity contribution is 0.151. The number of rotatable bonds is 0. The van der Waals surface area contributed by atoms with Crippen LogP contribution in [0.5, 0.6) is 0 Å². The second-order valence-corrected chi connectivity index (χ2v) is 7.17. The lowest BCUT2D eigenvalue weighted by atomic mass is 9.60. The third kappa shape index (κ3) is 2.84. The molecule has 4 heteroatoms. The summed E-state index contributed by atoms with van der Waals surface area (Å²) in [7, 11) is 4.53. The molecular weight excluding hydrogens is 227 g/mol. The molecule has 0 aromatic rings. The Kier molecular flexibility index (Phi) is 3.84. The minimum absolute atomic E-state index is 0.348. The Hall–Kier alpha value is -0.0851. The van der Waals surface area contributed by atoms with Crippen molar-refractivity contribution in [2.24, 2.45) is 11.7 Å². The number of hydrogen-bond donors (Lipinski definition) is 1. The summed E-state index contributed by atoms with van der Waals surface area (Å²) >= 11 is 5.44. The van der Waals surface area contributed by atoms with E-state index in [1.165, 1.54) is 25.7 Å². The van der Waals surface area contributed by atoms with Crippen LogP contribution in [0.25, 0.3) is 0 Å². The van der Waals surface area contributed by atoms with Crippen molar-refractivity contribution >= 4 is 25.1 Å². The van der Waals surface area contributed by atoms with Gasteiger partial charge in [-0.05, 0) is 31.6 Å². The fraction of sp³-hybridized carbons (Fsp3) is 0.923. The first-order valence-corrected chi connectivity index (χ1v) is 7.33. The van der Waals surface area contributed by atoms with Crippen molar-refractivity contribution in [1.29, 1.82) is 0 Å². The Morgan fingerprint density at radius 1 is 1.47 bits per heavy atom. The zero-order valence-electron chi connectivity index (χ0n) is 11.4.